The van der Waals surface area contributed by atoms with Crippen molar-refractivity contribution in [3.8, 4) is 0 Å². The van der Waals surface area contributed by atoms with Crippen molar-refractivity contribution in [3.05, 3.63) is 35.9 Å². The van der Waals surface area contributed by atoms with Crippen molar-refractivity contribution in [2.75, 3.05) is 13.1 Å². The van der Waals surface area contributed by atoms with Gasteiger partial charge in [-0.15, -0.1) is 0 Å². The minimum atomic E-state index is -0.842. The number of likely N-dealkylation sites (tertiary alicyclic amines) is 1. The van der Waals surface area contributed by atoms with E-state index < -0.39 is 5.60 Å². The van der Waals surface area contributed by atoms with Gasteiger partial charge in [-0.25, -0.2) is 0 Å². The third-order valence-electron chi connectivity index (χ3n) is 4.49. The standard InChI is InChI=1S/C17H22N2O2/c1-13-8-10-19(11-9-13)16(20)17(2)12-15(18-21-17)14-6-4-3-5-7-14/h3-7,13H,8-12H2,1-2H3/t17-/m0/s1. The van der Waals surface area contributed by atoms with E-state index in [2.05, 4.69) is 12.1 Å². The molecular weight excluding hydrogens is 264 g/mol. The fourth-order valence-electron chi connectivity index (χ4n) is 2.99. The third-order valence-corrected chi connectivity index (χ3v) is 4.49. The first-order valence-corrected chi connectivity index (χ1v) is 7.68. The number of oxime groups is 1. The lowest BCUT2D eigenvalue weighted by Gasteiger charge is -2.34. The Hall–Kier alpha value is -1.84. The SMILES string of the molecule is CC1CCN(C(=O)[C@]2(C)CC(c3ccccc3)=NO2)CC1. The summed E-state index contributed by atoms with van der Waals surface area (Å²) in [7, 11) is 0. The number of benzene rings is 1. The number of piperidine rings is 1. The van der Waals surface area contributed by atoms with E-state index in [4.69, 9.17) is 4.84 Å². The molecule has 0 aromatic heterocycles. The zero-order chi connectivity index (χ0) is 14.9. The van der Waals surface area contributed by atoms with Gasteiger partial charge in [0.25, 0.3) is 5.91 Å². The van der Waals surface area contributed by atoms with Gasteiger partial charge in [0.1, 0.15) is 0 Å². The van der Waals surface area contributed by atoms with Crippen molar-refractivity contribution in [1.82, 2.24) is 4.90 Å². The Labute approximate surface area is 125 Å². The predicted octanol–water partition coefficient (Wildman–Crippen LogP) is 2.83. The predicted molar refractivity (Wildman–Crippen MR) is 82.1 cm³/mol. The third kappa shape index (κ3) is 2.80. The molecule has 2 aliphatic heterocycles. The first-order chi connectivity index (χ1) is 10.1. The summed E-state index contributed by atoms with van der Waals surface area (Å²) < 4.78 is 0. The summed E-state index contributed by atoms with van der Waals surface area (Å²) in [5.41, 5.74) is 1.05. The first kappa shape index (κ1) is 14.1. The normalized spacial score (nSPS) is 26.4. The number of hydrogen-bond acceptors (Lipinski definition) is 3. The van der Waals surface area contributed by atoms with E-state index in [9.17, 15) is 4.79 Å². The highest BCUT2D eigenvalue weighted by Crippen LogP contribution is 2.30. The maximum Gasteiger partial charge on any atom is 0.269 e. The summed E-state index contributed by atoms with van der Waals surface area (Å²) in [4.78, 5) is 20.2. The van der Waals surface area contributed by atoms with E-state index in [1.165, 1.54) is 0 Å². The minimum Gasteiger partial charge on any atom is -0.379 e. The van der Waals surface area contributed by atoms with E-state index in [0.29, 0.717) is 12.3 Å². The molecule has 4 nitrogen and oxygen atoms in total. The second-order valence-electron chi connectivity index (χ2n) is 6.38. The molecular formula is C17H22N2O2. The average molecular weight is 286 g/mol. The summed E-state index contributed by atoms with van der Waals surface area (Å²) in [6, 6.07) is 9.92. The molecule has 2 heterocycles. The Bertz CT molecular complexity index is 547. The van der Waals surface area contributed by atoms with Gasteiger partial charge in [0.15, 0.2) is 0 Å². The van der Waals surface area contributed by atoms with Gasteiger partial charge >= 0.3 is 0 Å². The molecule has 4 heteroatoms. The van der Waals surface area contributed by atoms with Gasteiger partial charge in [-0.05, 0) is 31.2 Å². The highest BCUT2D eigenvalue weighted by Gasteiger charge is 2.45. The lowest BCUT2D eigenvalue weighted by Crippen LogP contribution is -2.49. The van der Waals surface area contributed by atoms with Gasteiger partial charge in [0.2, 0.25) is 5.60 Å². The molecule has 0 aliphatic carbocycles. The molecule has 1 fully saturated rings. The van der Waals surface area contributed by atoms with Crippen LogP contribution in [-0.2, 0) is 9.63 Å². The molecule has 1 atom stereocenters. The number of amides is 1. The fourth-order valence-corrected chi connectivity index (χ4v) is 2.99. The van der Waals surface area contributed by atoms with E-state index in [1.54, 1.807) is 0 Å². The monoisotopic (exact) mass is 286 g/mol. The molecule has 0 spiro atoms. The van der Waals surface area contributed by atoms with Gasteiger partial charge in [-0.3, -0.25) is 4.79 Å². The van der Waals surface area contributed by atoms with Gasteiger partial charge in [0, 0.05) is 19.5 Å². The molecule has 21 heavy (non-hydrogen) atoms. The van der Waals surface area contributed by atoms with Crippen molar-refractivity contribution >= 4 is 11.6 Å². The Kier molecular flexibility index (Phi) is 3.70. The van der Waals surface area contributed by atoms with Crippen LogP contribution in [0, 0.1) is 5.92 Å². The van der Waals surface area contributed by atoms with Crippen LogP contribution in [0.4, 0.5) is 0 Å². The van der Waals surface area contributed by atoms with E-state index in [-0.39, 0.29) is 5.91 Å². The van der Waals surface area contributed by atoms with Gasteiger partial charge in [0.05, 0.1) is 5.71 Å². The van der Waals surface area contributed by atoms with Gasteiger partial charge in [-0.2, -0.15) is 0 Å². The molecule has 1 amide bonds. The van der Waals surface area contributed by atoms with E-state index in [1.807, 2.05) is 42.2 Å². The van der Waals surface area contributed by atoms with Crippen LogP contribution in [0.1, 0.15) is 38.7 Å². The molecule has 1 aromatic carbocycles. The number of rotatable bonds is 2. The minimum absolute atomic E-state index is 0.0732. The number of carbonyl (C=O) groups excluding carboxylic acids is 1. The summed E-state index contributed by atoms with van der Waals surface area (Å²) in [5, 5.41) is 4.16. The van der Waals surface area contributed by atoms with E-state index in [0.717, 1.165) is 37.2 Å². The topological polar surface area (TPSA) is 41.9 Å². The van der Waals surface area contributed by atoms with Crippen LogP contribution in [0.15, 0.2) is 35.5 Å². The van der Waals surface area contributed by atoms with Crippen LogP contribution in [-0.4, -0.2) is 35.2 Å². The Morgan fingerprint density at radius 3 is 2.62 bits per heavy atom. The van der Waals surface area contributed by atoms with Crippen molar-refractivity contribution in [1.29, 1.82) is 0 Å². The molecule has 0 bridgehead atoms. The summed E-state index contributed by atoms with van der Waals surface area (Å²) in [5.74, 6) is 0.784. The first-order valence-electron chi connectivity index (χ1n) is 7.68. The van der Waals surface area contributed by atoms with Crippen molar-refractivity contribution in [3.63, 3.8) is 0 Å². The Morgan fingerprint density at radius 2 is 1.95 bits per heavy atom. The molecule has 0 radical (unpaired) electrons. The lowest BCUT2D eigenvalue weighted by molar-refractivity contribution is -0.154. The second kappa shape index (κ2) is 5.51. The molecule has 0 saturated carbocycles. The van der Waals surface area contributed by atoms with Crippen molar-refractivity contribution in [2.45, 2.75) is 38.7 Å². The molecule has 112 valence electrons. The van der Waals surface area contributed by atoms with Crippen molar-refractivity contribution < 1.29 is 9.63 Å². The Morgan fingerprint density at radius 1 is 1.29 bits per heavy atom. The van der Waals surface area contributed by atoms with Crippen LogP contribution in [0.3, 0.4) is 0 Å². The highest BCUT2D eigenvalue weighted by atomic mass is 16.7. The number of hydrogen-bond donors (Lipinski definition) is 0. The smallest absolute Gasteiger partial charge is 0.269 e. The summed E-state index contributed by atoms with van der Waals surface area (Å²) >= 11 is 0. The van der Waals surface area contributed by atoms with Gasteiger partial charge in [-0.1, -0.05) is 42.4 Å². The number of nitrogens with zero attached hydrogens (tertiary/aromatic N) is 2. The zero-order valence-electron chi connectivity index (χ0n) is 12.7. The van der Waals surface area contributed by atoms with Crippen LogP contribution in [0.2, 0.25) is 0 Å². The average Bonchev–Trinajstić information content (AvgIpc) is 2.92. The molecule has 0 unspecified atom stereocenters. The fraction of sp³-hybridized carbons (Fsp3) is 0.529. The van der Waals surface area contributed by atoms with Crippen LogP contribution in [0.25, 0.3) is 0 Å². The maximum absolute atomic E-state index is 12.7. The van der Waals surface area contributed by atoms with Gasteiger partial charge < -0.3 is 9.74 Å². The summed E-state index contributed by atoms with van der Waals surface area (Å²) in [6.07, 6.45) is 2.70. The van der Waals surface area contributed by atoms with Crippen LogP contribution in [0.5, 0.6) is 0 Å². The quantitative estimate of drug-likeness (QED) is 0.839. The Balaban J connectivity index is 1.68. The molecule has 1 saturated heterocycles. The molecule has 1 aromatic rings. The zero-order valence-corrected chi connectivity index (χ0v) is 12.7. The highest BCUT2D eigenvalue weighted by molar-refractivity contribution is 6.05. The molecule has 0 N–H and O–H groups in total. The summed E-state index contributed by atoms with van der Waals surface area (Å²) in [6.45, 7) is 5.76. The van der Waals surface area contributed by atoms with Crippen LogP contribution >= 0.6 is 0 Å². The second-order valence-corrected chi connectivity index (χ2v) is 6.38. The lowest BCUT2D eigenvalue weighted by atomic mass is 9.92. The molecule has 2 aliphatic rings. The maximum atomic E-state index is 12.7. The number of carbonyl (C=O) groups is 1. The van der Waals surface area contributed by atoms with Crippen molar-refractivity contribution in [2.24, 2.45) is 11.1 Å². The largest absolute Gasteiger partial charge is 0.379 e. The molecule has 3 rings (SSSR count). The van der Waals surface area contributed by atoms with E-state index >= 15 is 0 Å². The van der Waals surface area contributed by atoms with Crippen LogP contribution < -0.4 is 0 Å².